The van der Waals surface area contributed by atoms with E-state index >= 15 is 0 Å². The second kappa shape index (κ2) is 9.57. The Balaban J connectivity index is 1.81. The van der Waals surface area contributed by atoms with E-state index in [0.717, 1.165) is 0 Å². The van der Waals surface area contributed by atoms with Gasteiger partial charge in [0.2, 0.25) is 5.91 Å². The van der Waals surface area contributed by atoms with Crippen LogP contribution in [0.5, 0.6) is 0 Å². The molecule has 0 radical (unpaired) electrons. The number of nitrogens with one attached hydrogen (secondary N) is 2. The fourth-order valence-corrected chi connectivity index (χ4v) is 4.16. The van der Waals surface area contributed by atoms with Gasteiger partial charge in [0.15, 0.2) is 0 Å². The van der Waals surface area contributed by atoms with E-state index in [1.165, 1.54) is 17.0 Å². The Morgan fingerprint density at radius 3 is 2.41 bits per heavy atom. The first kappa shape index (κ1) is 25.7. The number of benzene rings is 3. The molecule has 0 saturated carbocycles. The smallest absolute Gasteiger partial charge is 0.292 e. The normalized spacial score (nSPS) is 14.0. The summed E-state index contributed by atoms with van der Waals surface area (Å²) in [7, 11) is 1.63. The molecule has 0 bridgehead atoms. The van der Waals surface area contributed by atoms with E-state index < -0.39 is 16.4 Å². The van der Waals surface area contributed by atoms with Crippen LogP contribution < -0.4 is 27.0 Å². The van der Waals surface area contributed by atoms with Crippen molar-refractivity contribution in [1.29, 1.82) is 0 Å². The molecule has 3 aromatic rings. The number of anilines is 4. The molecule has 1 aliphatic rings. The number of nitrogens with zero attached hydrogens (tertiary/aromatic N) is 2. The minimum Gasteiger partial charge on any atom is -0.393 e. The Kier molecular flexibility index (Phi) is 6.64. The van der Waals surface area contributed by atoms with Crippen molar-refractivity contribution in [2.45, 2.75) is 19.4 Å². The third kappa shape index (κ3) is 5.11. The van der Waals surface area contributed by atoms with E-state index in [1.54, 1.807) is 69.4 Å². The van der Waals surface area contributed by atoms with Crippen LogP contribution in [0.3, 0.4) is 0 Å². The number of likely N-dealkylation sites (N-methyl/N-ethyl adjacent to an activating group) is 1. The molecule has 0 fully saturated rings. The molecule has 0 spiro atoms. The molecule has 1 heterocycles. The first-order chi connectivity index (χ1) is 17.4. The number of carbonyl (C=O) groups excluding carboxylic acids is 2. The highest BCUT2D eigenvalue weighted by Crippen LogP contribution is 2.40. The molecule has 37 heavy (non-hydrogen) atoms. The topological polar surface area (TPSA) is 157 Å². The van der Waals surface area contributed by atoms with Gasteiger partial charge in [-0.3, -0.25) is 19.7 Å². The molecule has 10 nitrogen and oxygen atoms in total. The second-order valence-corrected chi connectivity index (χ2v) is 9.62. The van der Waals surface area contributed by atoms with Crippen molar-refractivity contribution < 1.29 is 14.5 Å². The minimum atomic E-state index is -1.04. The highest BCUT2D eigenvalue weighted by Gasteiger charge is 2.30. The summed E-state index contributed by atoms with van der Waals surface area (Å²) in [5.41, 5.74) is 13.7. The Morgan fingerprint density at radius 2 is 1.78 bits per heavy atom. The van der Waals surface area contributed by atoms with Crippen LogP contribution in [0.15, 0.2) is 60.7 Å². The molecular formula is C26H25ClN6O4. The van der Waals surface area contributed by atoms with Gasteiger partial charge in [-0.2, -0.15) is 0 Å². The van der Waals surface area contributed by atoms with Crippen LogP contribution in [-0.2, 0) is 9.59 Å². The lowest BCUT2D eigenvalue weighted by Crippen LogP contribution is -2.49. The van der Waals surface area contributed by atoms with Crippen molar-refractivity contribution in [2.75, 3.05) is 28.3 Å². The van der Waals surface area contributed by atoms with E-state index in [0.29, 0.717) is 38.9 Å². The summed E-state index contributed by atoms with van der Waals surface area (Å²) >= 11 is 6.10. The predicted molar refractivity (Wildman–Crippen MR) is 146 cm³/mol. The maximum atomic E-state index is 13.1. The fourth-order valence-electron chi connectivity index (χ4n) is 3.99. The van der Waals surface area contributed by atoms with Crippen LogP contribution in [-0.4, -0.2) is 29.3 Å². The zero-order chi connectivity index (χ0) is 27.1. The van der Waals surface area contributed by atoms with Gasteiger partial charge in [-0.15, -0.1) is 0 Å². The Bertz CT molecular complexity index is 1460. The Labute approximate surface area is 218 Å². The number of hydrogen-bond donors (Lipinski definition) is 4. The van der Waals surface area contributed by atoms with Crippen molar-refractivity contribution in [3.8, 4) is 0 Å². The molecular weight excluding hydrogens is 496 g/mol. The van der Waals surface area contributed by atoms with E-state index in [4.69, 9.17) is 23.1 Å². The predicted octanol–water partition coefficient (Wildman–Crippen LogP) is 4.46. The maximum absolute atomic E-state index is 13.1. The number of carbonyl (C=O) groups is 2. The van der Waals surface area contributed by atoms with Crippen molar-refractivity contribution in [3.05, 3.63) is 86.9 Å². The van der Waals surface area contributed by atoms with Crippen LogP contribution >= 0.6 is 11.6 Å². The van der Waals surface area contributed by atoms with E-state index in [2.05, 4.69) is 10.6 Å². The molecule has 3 aromatic carbocycles. The zero-order valence-corrected chi connectivity index (χ0v) is 21.1. The molecule has 6 N–H and O–H groups in total. The van der Waals surface area contributed by atoms with Gasteiger partial charge in [-0.05, 0) is 56.3 Å². The molecule has 0 saturated heterocycles. The van der Waals surface area contributed by atoms with E-state index in [1.807, 2.05) is 0 Å². The maximum Gasteiger partial charge on any atom is 0.292 e. The average molecular weight is 521 g/mol. The molecule has 0 aromatic heterocycles. The Hall–Kier alpha value is -4.41. The highest BCUT2D eigenvalue weighted by molar-refractivity contribution is 6.38. The monoisotopic (exact) mass is 520 g/mol. The van der Waals surface area contributed by atoms with Gasteiger partial charge in [-0.1, -0.05) is 23.7 Å². The first-order valence-corrected chi connectivity index (χ1v) is 11.6. The summed E-state index contributed by atoms with van der Waals surface area (Å²) in [6.45, 7) is 3.26. The van der Waals surface area contributed by atoms with E-state index in [-0.39, 0.29) is 22.9 Å². The quantitative estimate of drug-likeness (QED) is 0.162. The fraction of sp³-hybridized carbons (Fsp3) is 0.154. The third-order valence-corrected chi connectivity index (χ3v) is 6.11. The first-order valence-electron chi connectivity index (χ1n) is 11.2. The Morgan fingerprint density at radius 1 is 1.11 bits per heavy atom. The number of halogens is 1. The number of fused-ring (bicyclic) bond motifs is 1. The molecule has 0 atom stereocenters. The SMILES string of the molecule is CN(C(=O)C(C)(C)N)c1ccc(N/C(=C2/C(=O)Nc3cc(Cl)ccc32)c2ccc(N)c([N+](=O)[O-])c2)cc1. The number of nitrogen functional groups attached to an aromatic ring is 1. The lowest BCUT2D eigenvalue weighted by Gasteiger charge is -2.26. The number of nitro benzene ring substituents is 1. The molecule has 1 aliphatic heterocycles. The van der Waals surface area contributed by atoms with Crippen LogP contribution in [0.1, 0.15) is 25.0 Å². The number of nitro groups is 1. The van der Waals surface area contributed by atoms with Crippen molar-refractivity contribution in [1.82, 2.24) is 0 Å². The van der Waals surface area contributed by atoms with Gasteiger partial charge in [-0.25, -0.2) is 0 Å². The van der Waals surface area contributed by atoms with Crippen molar-refractivity contribution in [2.24, 2.45) is 5.73 Å². The van der Waals surface area contributed by atoms with Crippen LogP contribution in [0.25, 0.3) is 11.3 Å². The third-order valence-electron chi connectivity index (χ3n) is 5.87. The van der Waals surface area contributed by atoms with E-state index in [9.17, 15) is 19.7 Å². The summed E-state index contributed by atoms with van der Waals surface area (Å²) in [5, 5.41) is 18.0. The van der Waals surface area contributed by atoms with Gasteiger partial charge >= 0.3 is 0 Å². The van der Waals surface area contributed by atoms with Crippen LogP contribution in [0, 0.1) is 10.1 Å². The van der Waals surface area contributed by atoms with Crippen molar-refractivity contribution in [3.63, 3.8) is 0 Å². The van der Waals surface area contributed by atoms with Crippen molar-refractivity contribution >= 4 is 63.1 Å². The summed E-state index contributed by atoms with van der Waals surface area (Å²) in [5.74, 6) is -0.658. The molecule has 190 valence electrons. The molecule has 0 unspecified atom stereocenters. The lowest BCUT2D eigenvalue weighted by atomic mass is 9.99. The molecule has 11 heteroatoms. The summed E-state index contributed by atoms with van der Waals surface area (Å²) < 4.78 is 0. The molecule has 0 aliphatic carbocycles. The van der Waals surface area contributed by atoms with Gasteiger partial charge < -0.3 is 27.0 Å². The number of hydrogen-bond acceptors (Lipinski definition) is 7. The minimum absolute atomic E-state index is 0.000964. The van der Waals surface area contributed by atoms with Gasteiger partial charge in [0.05, 0.1) is 27.4 Å². The summed E-state index contributed by atoms with van der Waals surface area (Å²) in [6.07, 6.45) is 0. The zero-order valence-electron chi connectivity index (χ0n) is 20.3. The number of nitrogens with two attached hydrogens (primary N) is 2. The molecule has 2 amide bonds. The van der Waals surface area contributed by atoms with Crippen LogP contribution in [0.2, 0.25) is 5.02 Å². The van der Waals surface area contributed by atoms with Gasteiger partial charge in [0, 0.05) is 40.6 Å². The standard InChI is InChI=1S/C26H25ClN6O4/c1-26(2,29)25(35)32(3)17-8-6-16(7-9-17)30-23(14-4-11-19(28)21(12-14)33(36)37)22-18-10-5-15(27)13-20(18)31-24(22)34/h4-13,30H,28-29H2,1-3H3,(H,31,34)/b23-22+. The average Bonchev–Trinajstić information content (AvgIpc) is 3.16. The highest BCUT2D eigenvalue weighted by atomic mass is 35.5. The summed E-state index contributed by atoms with van der Waals surface area (Å²) in [4.78, 5) is 38.0. The number of rotatable bonds is 6. The number of amides is 2. The van der Waals surface area contributed by atoms with Gasteiger partial charge in [0.1, 0.15) is 5.69 Å². The van der Waals surface area contributed by atoms with Gasteiger partial charge in [0.25, 0.3) is 11.6 Å². The van der Waals surface area contributed by atoms with Crippen LogP contribution in [0.4, 0.5) is 28.4 Å². The molecule has 4 rings (SSSR count). The second-order valence-electron chi connectivity index (χ2n) is 9.18. The summed E-state index contributed by atoms with van der Waals surface area (Å²) in [6, 6.07) is 16.2. The lowest BCUT2D eigenvalue weighted by molar-refractivity contribution is -0.383. The largest absolute Gasteiger partial charge is 0.393 e.